The van der Waals surface area contributed by atoms with Gasteiger partial charge in [0.1, 0.15) is 5.75 Å². The second-order valence-electron chi connectivity index (χ2n) is 10.8. The van der Waals surface area contributed by atoms with E-state index >= 15 is 0 Å². The zero-order valence-corrected chi connectivity index (χ0v) is 23.1. The maximum atomic E-state index is 12.8. The number of hydrogen-bond donors (Lipinski definition) is 3. The maximum Gasteiger partial charge on any atom is 0.296 e. The van der Waals surface area contributed by atoms with Crippen LogP contribution in [0.15, 0.2) is 65.6 Å². The summed E-state index contributed by atoms with van der Waals surface area (Å²) in [6, 6.07) is 18.8. The molecule has 0 bridgehead atoms. The van der Waals surface area contributed by atoms with Gasteiger partial charge in [-0.2, -0.15) is 10.6 Å². The molecular formula is C31H36N2O5S. The third-order valence-corrected chi connectivity index (χ3v) is 9.72. The fourth-order valence-electron chi connectivity index (χ4n) is 5.80. The van der Waals surface area contributed by atoms with E-state index in [9.17, 15) is 23.5 Å². The number of benzene rings is 3. The van der Waals surface area contributed by atoms with Crippen molar-refractivity contribution in [2.24, 2.45) is 0 Å². The topological polar surface area (TPSA) is 107 Å². The smallest absolute Gasteiger partial charge is 0.296 e. The van der Waals surface area contributed by atoms with Crippen LogP contribution in [0, 0.1) is 0 Å². The Kier molecular flexibility index (Phi) is 8.19. The molecule has 8 heteroatoms. The van der Waals surface area contributed by atoms with E-state index in [1.165, 1.54) is 30.9 Å². The first-order valence-corrected chi connectivity index (χ1v) is 15.4. The Morgan fingerprint density at radius 2 is 1.74 bits per heavy atom. The maximum absolute atomic E-state index is 12.8. The average molecular weight is 549 g/mol. The number of nitrogens with one attached hydrogen (secondary N) is 1. The second-order valence-corrected chi connectivity index (χ2v) is 12.9. The molecule has 206 valence electrons. The minimum absolute atomic E-state index is 0.165. The van der Waals surface area contributed by atoms with Crippen molar-refractivity contribution in [3.63, 3.8) is 0 Å². The lowest BCUT2D eigenvalue weighted by Crippen LogP contribution is -2.40. The SMILES string of the molecule is C[C@@H]1CCCCN1Cc1ccc2c(c1)CCC[C@H]2NC(=O)C(=O)C(=O)CS(O)(O)c1ccc2ccccc2c1. The van der Waals surface area contributed by atoms with Crippen molar-refractivity contribution in [1.82, 2.24) is 10.2 Å². The Bertz CT molecular complexity index is 1400. The highest BCUT2D eigenvalue weighted by molar-refractivity contribution is 8.25. The molecule has 1 fully saturated rings. The Labute approximate surface area is 230 Å². The van der Waals surface area contributed by atoms with Crippen LogP contribution in [0.25, 0.3) is 10.8 Å². The highest BCUT2D eigenvalue weighted by Crippen LogP contribution is 2.48. The van der Waals surface area contributed by atoms with Crippen LogP contribution >= 0.6 is 10.6 Å². The number of piperidine rings is 1. The number of carbonyl (C=O) groups excluding carboxylic acids is 3. The third-order valence-electron chi connectivity index (χ3n) is 8.04. The van der Waals surface area contributed by atoms with E-state index < -0.39 is 33.8 Å². The van der Waals surface area contributed by atoms with Gasteiger partial charge in [-0.05, 0) is 85.2 Å². The predicted molar refractivity (Wildman–Crippen MR) is 154 cm³/mol. The number of aryl methyl sites for hydroxylation is 1. The summed E-state index contributed by atoms with van der Waals surface area (Å²) in [4.78, 5) is 40.8. The van der Waals surface area contributed by atoms with Crippen molar-refractivity contribution < 1.29 is 23.5 Å². The molecule has 5 rings (SSSR count). The number of rotatable bonds is 8. The lowest BCUT2D eigenvalue weighted by molar-refractivity contribution is -0.144. The zero-order chi connectivity index (χ0) is 27.6. The van der Waals surface area contributed by atoms with Crippen LogP contribution in [0.4, 0.5) is 0 Å². The molecule has 0 unspecified atom stereocenters. The summed E-state index contributed by atoms with van der Waals surface area (Å²) in [6.45, 7) is 4.29. The van der Waals surface area contributed by atoms with Crippen LogP contribution in [-0.2, 0) is 27.3 Å². The van der Waals surface area contributed by atoms with E-state index in [4.69, 9.17) is 0 Å². The van der Waals surface area contributed by atoms with E-state index in [0.717, 1.165) is 47.8 Å². The Morgan fingerprint density at radius 3 is 2.54 bits per heavy atom. The van der Waals surface area contributed by atoms with Crippen molar-refractivity contribution in [2.75, 3.05) is 12.3 Å². The molecular weight excluding hydrogens is 512 g/mol. The number of ketones is 2. The molecule has 3 aromatic carbocycles. The average Bonchev–Trinajstić information content (AvgIpc) is 2.93. The summed E-state index contributed by atoms with van der Waals surface area (Å²) in [7, 11) is -3.59. The molecule has 2 atom stereocenters. The van der Waals surface area contributed by atoms with Crippen molar-refractivity contribution >= 4 is 38.8 Å². The molecule has 1 aliphatic carbocycles. The van der Waals surface area contributed by atoms with Gasteiger partial charge in [-0.1, -0.05) is 55.0 Å². The highest BCUT2D eigenvalue weighted by atomic mass is 32.3. The lowest BCUT2D eigenvalue weighted by Gasteiger charge is -2.34. The van der Waals surface area contributed by atoms with Gasteiger partial charge in [-0.3, -0.25) is 28.4 Å². The molecule has 0 spiro atoms. The summed E-state index contributed by atoms with van der Waals surface area (Å²) in [6.07, 6.45) is 6.19. The van der Waals surface area contributed by atoms with Crippen molar-refractivity contribution in [1.29, 1.82) is 0 Å². The van der Waals surface area contributed by atoms with Gasteiger partial charge in [0.05, 0.1) is 10.9 Å². The predicted octanol–water partition coefficient (Wildman–Crippen LogP) is 5.66. The largest absolute Gasteiger partial charge is 0.342 e. The summed E-state index contributed by atoms with van der Waals surface area (Å²) in [5.41, 5.74) is 3.39. The third kappa shape index (κ3) is 6.25. The lowest BCUT2D eigenvalue weighted by atomic mass is 9.86. The van der Waals surface area contributed by atoms with Crippen LogP contribution in [-0.4, -0.2) is 49.8 Å². The van der Waals surface area contributed by atoms with E-state index in [0.29, 0.717) is 12.5 Å². The van der Waals surface area contributed by atoms with E-state index in [1.807, 2.05) is 30.3 Å². The van der Waals surface area contributed by atoms with Crippen LogP contribution in [0.2, 0.25) is 0 Å². The molecule has 39 heavy (non-hydrogen) atoms. The van der Waals surface area contributed by atoms with Gasteiger partial charge in [0.25, 0.3) is 11.7 Å². The monoisotopic (exact) mass is 548 g/mol. The van der Waals surface area contributed by atoms with Crippen molar-refractivity contribution in [2.45, 2.75) is 69.0 Å². The molecule has 1 amide bonds. The Balaban J connectivity index is 1.23. The quantitative estimate of drug-likeness (QED) is 0.248. The number of likely N-dealkylation sites (tertiary alicyclic amines) is 1. The first kappa shape index (κ1) is 27.5. The number of carbonyl (C=O) groups is 3. The summed E-state index contributed by atoms with van der Waals surface area (Å²) >= 11 is 0. The summed E-state index contributed by atoms with van der Waals surface area (Å²) < 4.78 is 21.4. The fraction of sp³-hybridized carbons (Fsp3) is 0.387. The number of nitrogens with zero attached hydrogens (tertiary/aromatic N) is 1. The number of fused-ring (bicyclic) bond motifs is 2. The minimum Gasteiger partial charge on any atom is -0.342 e. The minimum atomic E-state index is -3.59. The number of Topliss-reactive ketones (excluding diaryl/α,β-unsaturated/α-hetero) is 2. The van der Waals surface area contributed by atoms with Crippen LogP contribution in [0.5, 0.6) is 0 Å². The van der Waals surface area contributed by atoms with Crippen LogP contribution < -0.4 is 5.32 Å². The Morgan fingerprint density at radius 1 is 0.949 bits per heavy atom. The van der Waals surface area contributed by atoms with Gasteiger partial charge >= 0.3 is 0 Å². The van der Waals surface area contributed by atoms with E-state index in [1.54, 1.807) is 12.1 Å². The summed E-state index contributed by atoms with van der Waals surface area (Å²) in [5.74, 6) is -4.18. The van der Waals surface area contributed by atoms with E-state index in [2.05, 4.69) is 29.3 Å². The van der Waals surface area contributed by atoms with Crippen molar-refractivity contribution in [3.05, 3.63) is 77.4 Å². The molecule has 2 aliphatic rings. The molecule has 0 aromatic heterocycles. The first-order chi connectivity index (χ1) is 18.7. The number of amides is 1. The zero-order valence-electron chi connectivity index (χ0n) is 22.3. The van der Waals surface area contributed by atoms with Gasteiger partial charge < -0.3 is 5.32 Å². The molecule has 0 saturated carbocycles. The van der Waals surface area contributed by atoms with Crippen LogP contribution in [0.1, 0.15) is 61.8 Å². The normalized spacial score (nSPS) is 20.3. The highest BCUT2D eigenvalue weighted by Gasteiger charge is 2.32. The molecule has 1 saturated heterocycles. The summed E-state index contributed by atoms with van der Waals surface area (Å²) in [5, 5.41) is 4.44. The van der Waals surface area contributed by atoms with Crippen molar-refractivity contribution in [3.8, 4) is 0 Å². The van der Waals surface area contributed by atoms with E-state index in [-0.39, 0.29) is 10.9 Å². The molecule has 3 aromatic rings. The first-order valence-electron chi connectivity index (χ1n) is 13.7. The fourth-order valence-corrected chi connectivity index (χ4v) is 7.06. The molecule has 1 aliphatic heterocycles. The van der Waals surface area contributed by atoms with Gasteiger partial charge in [0, 0.05) is 12.6 Å². The van der Waals surface area contributed by atoms with Gasteiger partial charge in [0.2, 0.25) is 5.78 Å². The number of hydrogen-bond acceptors (Lipinski definition) is 6. The van der Waals surface area contributed by atoms with Gasteiger partial charge in [-0.25, -0.2) is 0 Å². The molecule has 7 nitrogen and oxygen atoms in total. The molecule has 1 heterocycles. The molecule has 3 N–H and O–H groups in total. The second kappa shape index (κ2) is 11.6. The molecule has 0 radical (unpaired) electrons. The van der Waals surface area contributed by atoms with Gasteiger partial charge in [0.15, 0.2) is 0 Å². The van der Waals surface area contributed by atoms with Crippen LogP contribution in [0.3, 0.4) is 0 Å². The van der Waals surface area contributed by atoms with Gasteiger partial charge in [-0.15, -0.1) is 0 Å². The standard InChI is InChI=1S/C31H36N2O5S/c1-21-7-4-5-16-33(21)19-22-12-15-27-25(17-22)10-6-11-28(27)32-31(36)30(35)29(34)20-39(37,38)26-14-13-23-8-2-3-9-24(23)18-26/h2-3,8-9,12-15,17-18,21,28,37-38H,4-7,10-11,16,19-20H2,1H3,(H,32,36)/t21-,28-/m1/s1. The Hall–Kier alpha value is -3.04.